The number of carbonyl (C=O) groups is 1. The SMILES string of the molecule is CCC(=O)N1CC(c2ccccc2)OC1C. The molecule has 2 unspecified atom stereocenters. The Morgan fingerprint density at radius 2 is 2.12 bits per heavy atom. The summed E-state index contributed by atoms with van der Waals surface area (Å²) in [7, 11) is 0. The number of hydrogen-bond acceptors (Lipinski definition) is 2. The number of carbonyl (C=O) groups excluding carboxylic acids is 1. The fraction of sp³-hybridized carbons (Fsp3) is 0.462. The van der Waals surface area contributed by atoms with Gasteiger partial charge in [0.15, 0.2) is 0 Å². The van der Waals surface area contributed by atoms with Crippen LogP contribution >= 0.6 is 0 Å². The largest absolute Gasteiger partial charge is 0.349 e. The van der Waals surface area contributed by atoms with E-state index < -0.39 is 0 Å². The number of amides is 1. The molecule has 0 spiro atoms. The topological polar surface area (TPSA) is 29.5 Å². The van der Waals surface area contributed by atoms with Crippen LogP contribution in [0.25, 0.3) is 0 Å². The lowest BCUT2D eigenvalue weighted by Gasteiger charge is -2.18. The van der Waals surface area contributed by atoms with E-state index in [0.29, 0.717) is 13.0 Å². The van der Waals surface area contributed by atoms with Crippen molar-refractivity contribution in [3.05, 3.63) is 35.9 Å². The molecule has 1 aromatic carbocycles. The summed E-state index contributed by atoms with van der Waals surface area (Å²) in [6.45, 7) is 4.47. The average molecular weight is 219 g/mol. The van der Waals surface area contributed by atoms with Crippen LogP contribution < -0.4 is 0 Å². The fourth-order valence-corrected chi connectivity index (χ4v) is 2.04. The van der Waals surface area contributed by atoms with Gasteiger partial charge in [-0.1, -0.05) is 37.3 Å². The molecule has 16 heavy (non-hydrogen) atoms. The minimum atomic E-state index is -0.113. The highest BCUT2D eigenvalue weighted by Gasteiger charge is 2.32. The van der Waals surface area contributed by atoms with Crippen LogP contribution in [0.2, 0.25) is 0 Å². The summed E-state index contributed by atoms with van der Waals surface area (Å²) < 4.78 is 5.79. The van der Waals surface area contributed by atoms with Crippen LogP contribution in [0.3, 0.4) is 0 Å². The van der Waals surface area contributed by atoms with E-state index in [-0.39, 0.29) is 18.2 Å². The molecule has 0 radical (unpaired) electrons. The minimum Gasteiger partial charge on any atom is -0.349 e. The number of hydrogen-bond donors (Lipinski definition) is 0. The number of nitrogens with zero attached hydrogens (tertiary/aromatic N) is 1. The van der Waals surface area contributed by atoms with E-state index in [9.17, 15) is 4.79 Å². The first-order valence-corrected chi connectivity index (χ1v) is 5.72. The molecule has 1 aliphatic rings. The number of benzene rings is 1. The summed E-state index contributed by atoms with van der Waals surface area (Å²) in [4.78, 5) is 13.5. The maximum absolute atomic E-state index is 11.6. The molecule has 3 nitrogen and oxygen atoms in total. The van der Waals surface area contributed by atoms with Gasteiger partial charge in [-0.05, 0) is 12.5 Å². The zero-order valence-electron chi connectivity index (χ0n) is 9.72. The third-order valence-corrected chi connectivity index (χ3v) is 2.96. The van der Waals surface area contributed by atoms with Crippen molar-refractivity contribution in [3.8, 4) is 0 Å². The van der Waals surface area contributed by atoms with Gasteiger partial charge in [-0.25, -0.2) is 0 Å². The smallest absolute Gasteiger partial charge is 0.224 e. The molecule has 0 bridgehead atoms. The van der Waals surface area contributed by atoms with E-state index in [1.807, 2.05) is 44.2 Å². The van der Waals surface area contributed by atoms with E-state index >= 15 is 0 Å². The summed E-state index contributed by atoms with van der Waals surface area (Å²) >= 11 is 0. The van der Waals surface area contributed by atoms with Crippen molar-refractivity contribution in [1.82, 2.24) is 4.90 Å². The summed E-state index contributed by atoms with van der Waals surface area (Å²) in [5.74, 6) is 0.158. The second kappa shape index (κ2) is 4.66. The molecule has 2 atom stereocenters. The van der Waals surface area contributed by atoms with Crippen LogP contribution in [0.1, 0.15) is 31.9 Å². The normalized spacial score (nSPS) is 24.8. The first-order chi connectivity index (χ1) is 7.72. The van der Waals surface area contributed by atoms with Crippen molar-refractivity contribution in [2.45, 2.75) is 32.6 Å². The Morgan fingerprint density at radius 3 is 2.75 bits per heavy atom. The monoisotopic (exact) mass is 219 g/mol. The lowest BCUT2D eigenvalue weighted by atomic mass is 10.1. The van der Waals surface area contributed by atoms with Gasteiger partial charge in [0.2, 0.25) is 5.91 Å². The van der Waals surface area contributed by atoms with Crippen LogP contribution in [0, 0.1) is 0 Å². The van der Waals surface area contributed by atoms with E-state index in [1.165, 1.54) is 0 Å². The van der Waals surface area contributed by atoms with Gasteiger partial charge in [-0.15, -0.1) is 0 Å². The Balaban J connectivity index is 2.10. The maximum atomic E-state index is 11.6. The van der Waals surface area contributed by atoms with E-state index in [0.717, 1.165) is 5.56 Å². The lowest BCUT2D eigenvalue weighted by Crippen LogP contribution is -2.33. The molecular formula is C13H17NO2. The zero-order chi connectivity index (χ0) is 11.5. The van der Waals surface area contributed by atoms with Gasteiger partial charge in [-0.2, -0.15) is 0 Å². The van der Waals surface area contributed by atoms with Crippen molar-refractivity contribution in [1.29, 1.82) is 0 Å². The van der Waals surface area contributed by atoms with Crippen molar-refractivity contribution < 1.29 is 9.53 Å². The molecule has 86 valence electrons. The number of rotatable bonds is 2. The second-order valence-electron chi connectivity index (χ2n) is 4.03. The number of ether oxygens (including phenoxy) is 1. The third kappa shape index (κ3) is 2.09. The molecule has 1 aliphatic heterocycles. The zero-order valence-corrected chi connectivity index (χ0v) is 9.72. The van der Waals surface area contributed by atoms with Gasteiger partial charge in [-0.3, -0.25) is 4.79 Å². The van der Waals surface area contributed by atoms with Crippen molar-refractivity contribution in [2.75, 3.05) is 6.54 Å². The van der Waals surface area contributed by atoms with Crippen molar-refractivity contribution in [3.63, 3.8) is 0 Å². The minimum absolute atomic E-state index is 0.0201. The first kappa shape index (κ1) is 11.1. The summed E-state index contributed by atoms with van der Waals surface area (Å²) in [6, 6.07) is 10.0. The molecule has 0 aliphatic carbocycles. The van der Waals surface area contributed by atoms with Crippen LogP contribution in [0.4, 0.5) is 0 Å². The highest BCUT2D eigenvalue weighted by atomic mass is 16.5. The van der Waals surface area contributed by atoms with E-state index in [1.54, 1.807) is 4.90 Å². The van der Waals surface area contributed by atoms with Gasteiger partial charge in [0, 0.05) is 6.42 Å². The Hall–Kier alpha value is -1.35. The average Bonchev–Trinajstić information content (AvgIpc) is 2.71. The predicted octanol–water partition coefficient (Wildman–Crippen LogP) is 2.34. The highest BCUT2D eigenvalue weighted by molar-refractivity contribution is 5.76. The Morgan fingerprint density at radius 1 is 1.44 bits per heavy atom. The predicted molar refractivity (Wildman–Crippen MR) is 61.7 cm³/mol. The standard InChI is InChI=1S/C13H17NO2/c1-3-13(15)14-9-12(16-10(14)2)11-7-5-4-6-8-11/h4-8,10,12H,3,9H2,1-2H3. The summed E-state index contributed by atoms with van der Waals surface area (Å²) in [5, 5.41) is 0. The van der Waals surface area contributed by atoms with E-state index in [2.05, 4.69) is 0 Å². The van der Waals surface area contributed by atoms with Crippen LogP contribution in [0.5, 0.6) is 0 Å². The Labute approximate surface area is 96.0 Å². The molecule has 2 rings (SSSR count). The molecular weight excluding hydrogens is 202 g/mol. The second-order valence-corrected chi connectivity index (χ2v) is 4.03. The van der Waals surface area contributed by atoms with Gasteiger partial charge >= 0.3 is 0 Å². The van der Waals surface area contributed by atoms with Crippen LogP contribution in [0.15, 0.2) is 30.3 Å². The molecule has 1 amide bonds. The quantitative estimate of drug-likeness (QED) is 0.764. The molecule has 1 fully saturated rings. The first-order valence-electron chi connectivity index (χ1n) is 5.72. The van der Waals surface area contributed by atoms with Gasteiger partial charge < -0.3 is 9.64 Å². The van der Waals surface area contributed by atoms with Gasteiger partial charge in [0.25, 0.3) is 0 Å². The third-order valence-electron chi connectivity index (χ3n) is 2.96. The van der Waals surface area contributed by atoms with Gasteiger partial charge in [0.1, 0.15) is 12.3 Å². The van der Waals surface area contributed by atoms with Crippen LogP contribution in [-0.4, -0.2) is 23.6 Å². The Kier molecular flexibility index (Phi) is 3.25. The molecule has 0 N–H and O–H groups in total. The highest BCUT2D eigenvalue weighted by Crippen LogP contribution is 2.28. The molecule has 1 heterocycles. The molecule has 0 aromatic heterocycles. The lowest BCUT2D eigenvalue weighted by molar-refractivity contribution is -0.135. The van der Waals surface area contributed by atoms with E-state index in [4.69, 9.17) is 4.74 Å². The fourth-order valence-electron chi connectivity index (χ4n) is 2.04. The molecule has 3 heteroatoms. The van der Waals surface area contributed by atoms with Gasteiger partial charge in [0.05, 0.1) is 6.54 Å². The summed E-state index contributed by atoms with van der Waals surface area (Å²) in [6.07, 6.45) is 0.444. The molecule has 0 saturated carbocycles. The molecule has 1 saturated heterocycles. The molecule has 1 aromatic rings. The van der Waals surface area contributed by atoms with Crippen molar-refractivity contribution in [2.24, 2.45) is 0 Å². The Bertz CT molecular complexity index is 363. The van der Waals surface area contributed by atoms with Crippen LogP contribution in [-0.2, 0) is 9.53 Å². The maximum Gasteiger partial charge on any atom is 0.224 e. The van der Waals surface area contributed by atoms with Crippen molar-refractivity contribution >= 4 is 5.91 Å². The summed E-state index contributed by atoms with van der Waals surface area (Å²) in [5.41, 5.74) is 1.14.